The Labute approximate surface area is 201 Å². The Kier molecular flexibility index (Phi) is 7.03. The molecule has 0 fully saturated rings. The number of aryl methyl sites for hydroxylation is 1. The van der Waals surface area contributed by atoms with E-state index in [-0.39, 0.29) is 9.79 Å². The molecule has 0 unspecified atom stereocenters. The highest BCUT2D eigenvalue weighted by atomic mass is 32.2. The Morgan fingerprint density at radius 3 is 1.65 bits per heavy atom. The lowest BCUT2D eigenvalue weighted by atomic mass is 10.0. The third-order valence-electron chi connectivity index (χ3n) is 5.57. The van der Waals surface area contributed by atoms with E-state index in [1.54, 1.807) is 48.5 Å². The Morgan fingerprint density at radius 1 is 0.647 bits per heavy atom. The quantitative estimate of drug-likeness (QED) is 0.263. The van der Waals surface area contributed by atoms with Crippen molar-refractivity contribution in [3.8, 4) is 23.0 Å². The number of hydrogen-bond acceptors (Lipinski definition) is 4. The Bertz CT molecular complexity index is 1360. The van der Waals surface area contributed by atoms with Crippen LogP contribution in [-0.4, -0.2) is 8.42 Å². The molecule has 0 radical (unpaired) electrons. The standard InChI is InChI=1S/C29H28O4S/c1-4-22-7-5-9-26(19-22)32-24-11-15-28(16-12-24)34(30,31)29-17-13-25(14-18-29)33-27-10-6-8-23(20-27)21(2)3/h5-21H,4H2,1-3H3. The third kappa shape index (κ3) is 5.49. The molecule has 0 atom stereocenters. The van der Waals surface area contributed by atoms with Crippen LogP contribution in [0.4, 0.5) is 0 Å². The van der Waals surface area contributed by atoms with Gasteiger partial charge in [-0.1, -0.05) is 45.0 Å². The summed E-state index contributed by atoms with van der Waals surface area (Å²) < 4.78 is 38.0. The Balaban J connectivity index is 1.47. The average molecular weight is 473 g/mol. The summed E-state index contributed by atoms with van der Waals surface area (Å²) >= 11 is 0. The van der Waals surface area contributed by atoms with Crippen molar-refractivity contribution < 1.29 is 17.9 Å². The predicted molar refractivity (Wildman–Crippen MR) is 135 cm³/mol. The van der Waals surface area contributed by atoms with Crippen LogP contribution in [0.1, 0.15) is 37.8 Å². The first kappa shape index (κ1) is 23.6. The van der Waals surface area contributed by atoms with Crippen molar-refractivity contribution in [2.24, 2.45) is 0 Å². The fourth-order valence-corrected chi connectivity index (χ4v) is 4.81. The molecule has 0 aliphatic carbocycles. The number of benzene rings is 4. The molecule has 4 nitrogen and oxygen atoms in total. The molecule has 5 heteroatoms. The maximum Gasteiger partial charge on any atom is 0.206 e. The number of rotatable bonds is 8. The summed E-state index contributed by atoms with van der Waals surface area (Å²) in [6, 6.07) is 28.7. The van der Waals surface area contributed by atoms with Crippen LogP contribution < -0.4 is 9.47 Å². The minimum Gasteiger partial charge on any atom is -0.457 e. The molecule has 0 aliphatic heterocycles. The van der Waals surface area contributed by atoms with Crippen LogP contribution in [0.5, 0.6) is 23.0 Å². The van der Waals surface area contributed by atoms with Crippen LogP contribution in [0.25, 0.3) is 0 Å². The van der Waals surface area contributed by atoms with Gasteiger partial charge >= 0.3 is 0 Å². The SMILES string of the molecule is CCc1cccc(Oc2ccc(S(=O)(=O)c3ccc(Oc4cccc(C(C)C)c4)cc3)cc2)c1. The molecule has 0 saturated carbocycles. The van der Waals surface area contributed by atoms with Gasteiger partial charge in [-0.05, 0) is 96.3 Å². The normalized spacial score (nSPS) is 11.4. The van der Waals surface area contributed by atoms with Crippen LogP contribution in [0.15, 0.2) is 107 Å². The zero-order chi connectivity index (χ0) is 24.1. The molecule has 0 bridgehead atoms. The molecule has 0 aromatic heterocycles. The van der Waals surface area contributed by atoms with Gasteiger partial charge in [0.25, 0.3) is 0 Å². The topological polar surface area (TPSA) is 52.6 Å². The molecular formula is C29H28O4S. The van der Waals surface area contributed by atoms with Gasteiger partial charge in [-0.15, -0.1) is 0 Å². The van der Waals surface area contributed by atoms with E-state index in [4.69, 9.17) is 9.47 Å². The van der Waals surface area contributed by atoms with Gasteiger partial charge in [-0.25, -0.2) is 8.42 Å². The molecular weight excluding hydrogens is 444 g/mol. The van der Waals surface area contributed by atoms with Gasteiger partial charge in [0.1, 0.15) is 23.0 Å². The second-order valence-electron chi connectivity index (χ2n) is 8.38. The first-order valence-corrected chi connectivity index (χ1v) is 12.8. The van der Waals surface area contributed by atoms with E-state index in [0.29, 0.717) is 17.4 Å². The molecule has 174 valence electrons. The van der Waals surface area contributed by atoms with Gasteiger partial charge in [-0.2, -0.15) is 0 Å². The first-order valence-electron chi connectivity index (χ1n) is 11.3. The van der Waals surface area contributed by atoms with Crippen molar-refractivity contribution >= 4 is 9.84 Å². The second-order valence-corrected chi connectivity index (χ2v) is 10.3. The lowest BCUT2D eigenvalue weighted by Crippen LogP contribution is -2.02. The summed E-state index contributed by atoms with van der Waals surface area (Å²) in [6.45, 7) is 6.34. The molecule has 34 heavy (non-hydrogen) atoms. The highest BCUT2D eigenvalue weighted by Gasteiger charge is 2.18. The minimum absolute atomic E-state index is 0.208. The van der Waals surface area contributed by atoms with Crippen molar-refractivity contribution in [2.75, 3.05) is 0 Å². The van der Waals surface area contributed by atoms with E-state index in [0.717, 1.165) is 17.9 Å². The van der Waals surface area contributed by atoms with Crippen LogP contribution in [0.3, 0.4) is 0 Å². The lowest BCUT2D eigenvalue weighted by molar-refractivity contribution is 0.481. The van der Waals surface area contributed by atoms with Crippen molar-refractivity contribution in [3.05, 3.63) is 108 Å². The fourth-order valence-electron chi connectivity index (χ4n) is 3.55. The molecule has 0 amide bonds. The second kappa shape index (κ2) is 10.1. The number of sulfone groups is 1. The number of hydrogen-bond donors (Lipinski definition) is 0. The zero-order valence-electron chi connectivity index (χ0n) is 19.6. The fraction of sp³-hybridized carbons (Fsp3) is 0.172. The van der Waals surface area contributed by atoms with Crippen molar-refractivity contribution in [1.29, 1.82) is 0 Å². The molecule has 0 N–H and O–H groups in total. The van der Waals surface area contributed by atoms with Gasteiger partial charge < -0.3 is 9.47 Å². The molecule has 0 saturated heterocycles. The van der Waals surface area contributed by atoms with Crippen molar-refractivity contribution in [1.82, 2.24) is 0 Å². The predicted octanol–water partition coefficient (Wildman–Crippen LogP) is 7.79. The van der Waals surface area contributed by atoms with Crippen LogP contribution in [0.2, 0.25) is 0 Å². The number of ether oxygens (including phenoxy) is 2. The van der Waals surface area contributed by atoms with E-state index in [2.05, 4.69) is 26.8 Å². The summed E-state index contributed by atoms with van der Waals surface area (Å²) in [7, 11) is -3.66. The summed E-state index contributed by atoms with van der Waals surface area (Å²) in [5.41, 5.74) is 2.36. The lowest BCUT2D eigenvalue weighted by Gasteiger charge is -2.11. The molecule has 0 heterocycles. The minimum atomic E-state index is -3.66. The largest absolute Gasteiger partial charge is 0.457 e. The van der Waals surface area contributed by atoms with Crippen LogP contribution in [-0.2, 0) is 16.3 Å². The van der Waals surface area contributed by atoms with E-state index in [1.807, 2.05) is 42.5 Å². The van der Waals surface area contributed by atoms with Gasteiger partial charge in [-0.3, -0.25) is 0 Å². The summed E-state index contributed by atoms with van der Waals surface area (Å²) in [4.78, 5) is 0.417. The van der Waals surface area contributed by atoms with E-state index < -0.39 is 9.84 Å². The van der Waals surface area contributed by atoms with Crippen LogP contribution in [0, 0.1) is 0 Å². The van der Waals surface area contributed by atoms with Crippen LogP contribution >= 0.6 is 0 Å². The Morgan fingerprint density at radius 2 is 1.15 bits per heavy atom. The average Bonchev–Trinajstić information content (AvgIpc) is 2.85. The van der Waals surface area contributed by atoms with E-state index in [9.17, 15) is 8.42 Å². The maximum absolute atomic E-state index is 13.1. The molecule has 4 aromatic rings. The summed E-state index contributed by atoms with van der Waals surface area (Å²) in [6.07, 6.45) is 0.919. The zero-order valence-corrected chi connectivity index (χ0v) is 20.4. The Hall–Kier alpha value is -3.57. The van der Waals surface area contributed by atoms with E-state index in [1.165, 1.54) is 11.1 Å². The maximum atomic E-state index is 13.1. The van der Waals surface area contributed by atoms with Gasteiger partial charge in [0.2, 0.25) is 9.84 Å². The van der Waals surface area contributed by atoms with Gasteiger partial charge in [0.15, 0.2) is 0 Å². The van der Waals surface area contributed by atoms with Crippen molar-refractivity contribution in [3.63, 3.8) is 0 Å². The first-order chi connectivity index (χ1) is 16.3. The summed E-state index contributed by atoms with van der Waals surface area (Å²) in [5, 5.41) is 0. The molecule has 0 spiro atoms. The van der Waals surface area contributed by atoms with Crippen molar-refractivity contribution in [2.45, 2.75) is 42.9 Å². The van der Waals surface area contributed by atoms with Gasteiger partial charge in [0, 0.05) is 0 Å². The van der Waals surface area contributed by atoms with Gasteiger partial charge in [0.05, 0.1) is 9.79 Å². The van der Waals surface area contributed by atoms with E-state index >= 15 is 0 Å². The molecule has 0 aliphatic rings. The summed E-state index contributed by atoms with van der Waals surface area (Å²) in [5.74, 6) is 3.01. The smallest absolute Gasteiger partial charge is 0.206 e. The molecule has 4 rings (SSSR count). The molecule has 4 aromatic carbocycles. The monoisotopic (exact) mass is 472 g/mol. The highest BCUT2D eigenvalue weighted by Crippen LogP contribution is 2.29. The third-order valence-corrected chi connectivity index (χ3v) is 7.36. The highest BCUT2D eigenvalue weighted by molar-refractivity contribution is 7.91.